The van der Waals surface area contributed by atoms with Crippen molar-refractivity contribution in [3.63, 3.8) is 0 Å². The van der Waals surface area contributed by atoms with Crippen molar-refractivity contribution in [2.75, 3.05) is 39.3 Å². The van der Waals surface area contributed by atoms with Gasteiger partial charge in [-0.3, -0.25) is 0 Å². The molecular weight excluding hydrogens is 476 g/mol. The predicted octanol–water partition coefficient (Wildman–Crippen LogP) is -1.45. The van der Waals surface area contributed by atoms with E-state index in [0.717, 1.165) is 0 Å². The zero-order valence-electron chi connectivity index (χ0n) is 20.5. The summed E-state index contributed by atoms with van der Waals surface area (Å²) in [5.41, 5.74) is 0. The lowest BCUT2D eigenvalue weighted by molar-refractivity contribution is -0.900. The molecule has 0 bridgehead atoms. The smallest absolute Gasteiger partial charge is 0.0770 e. The van der Waals surface area contributed by atoms with Gasteiger partial charge in [0.15, 0.2) is 0 Å². The van der Waals surface area contributed by atoms with Crippen molar-refractivity contribution in [2.45, 2.75) is 119 Å². The second-order valence-corrected chi connectivity index (χ2v) is 8.12. The van der Waals surface area contributed by atoms with E-state index in [-0.39, 0.29) is 34.0 Å². The van der Waals surface area contributed by atoms with Crippen molar-refractivity contribution in [1.29, 1.82) is 0 Å². The van der Waals surface area contributed by atoms with Crippen LogP contribution in [-0.2, 0) is 0 Å². The van der Waals surface area contributed by atoms with E-state index in [1.807, 2.05) is 9.80 Å². The minimum absolute atomic E-state index is 0. The molecule has 2 nitrogen and oxygen atoms in total. The van der Waals surface area contributed by atoms with Crippen LogP contribution in [0.4, 0.5) is 0 Å². The van der Waals surface area contributed by atoms with Gasteiger partial charge >= 0.3 is 0 Å². The first-order valence-corrected chi connectivity index (χ1v) is 12.4. The highest BCUT2D eigenvalue weighted by Gasteiger charge is 2.06. The third kappa shape index (κ3) is 29.1. The minimum atomic E-state index is 0. The fourth-order valence-corrected chi connectivity index (χ4v) is 3.31. The number of halogens is 2. The predicted molar refractivity (Wildman–Crippen MR) is 121 cm³/mol. The van der Waals surface area contributed by atoms with Crippen molar-refractivity contribution >= 4 is 0 Å². The Morgan fingerprint density at radius 3 is 0.571 bits per heavy atom. The minimum Gasteiger partial charge on any atom is -1.00 e. The van der Waals surface area contributed by atoms with Crippen LogP contribution in [0.15, 0.2) is 0 Å². The Bertz CT molecular complexity index is 179. The molecule has 28 heavy (non-hydrogen) atoms. The summed E-state index contributed by atoms with van der Waals surface area (Å²) in [7, 11) is 0. The molecule has 0 aliphatic carbocycles. The van der Waals surface area contributed by atoms with Crippen molar-refractivity contribution in [3.05, 3.63) is 0 Å². The molecular formula is C24H56Br2N2. The Morgan fingerprint density at radius 1 is 0.321 bits per heavy atom. The van der Waals surface area contributed by atoms with E-state index < -0.39 is 0 Å². The molecule has 0 aromatic carbocycles. The highest BCUT2D eigenvalue weighted by molar-refractivity contribution is 4.38. The maximum absolute atomic E-state index is 2.29. The summed E-state index contributed by atoms with van der Waals surface area (Å²) in [5.74, 6) is 0. The van der Waals surface area contributed by atoms with Gasteiger partial charge in [-0.15, -0.1) is 0 Å². The average molecular weight is 533 g/mol. The van der Waals surface area contributed by atoms with Crippen LogP contribution < -0.4 is 43.8 Å². The van der Waals surface area contributed by atoms with E-state index in [1.165, 1.54) is 116 Å². The summed E-state index contributed by atoms with van der Waals surface area (Å²) in [6.45, 7) is 22.1. The molecule has 0 spiro atoms. The van der Waals surface area contributed by atoms with Gasteiger partial charge < -0.3 is 43.8 Å². The molecule has 0 amide bonds. The number of unbranched alkanes of at least 4 members (excludes halogenated alkanes) is 6. The van der Waals surface area contributed by atoms with E-state index in [2.05, 4.69) is 41.5 Å². The normalized spacial score (nSPS) is 10.3. The van der Waals surface area contributed by atoms with Crippen LogP contribution in [0.3, 0.4) is 0 Å². The average Bonchev–Trinajstić information content (AvgIpc) is 2.67. The summed E-state index contributed by atoms with van der Waals surface area (Å²) < 4.78 is 0. The molecule has 0 rings (SSSR count). The highest BCUT2D eigenvalue weighted by Crippen LogP contribution is 1.86. The lowest BCUT2D eigenvalue weighted by Gasteiger charge is -2.18. The van der Waals surface area contributed by atoms with Gasteiger partial charge in [-0.25, -0.2) is 0 Å². The van der Waals surface area contributed by atoms with Gasteiger partial charge in [0, 0.05) is 0 Å². The largest absolute Gasteiger partial charge is 1.00 e. The number of quaternary nitrogens is 2. The molecule has 0 unspecified atom stereocenters. The molecule has 0 saturated heterocycles. The second kappa shape index (κ2) is 32.5. The third-order valence-electron chi connectivity index (χ3n) is 5.30. The molecule has 2 N–H and O–H groups in total. The van der Waals surface area contributed by atoms with Crippen molar-refractivity contribution < 1.29 is 43.8 Å². The number of nitrogens with one attached hydrogen (secondary N) is 2. The fourth-order valence-electron chi connectivity index (χ4n) is 3.31. The quantitative estimate of drug-likeness (QED) is 0.214. The third-order valence-corrected chi connectivity index (χ3v) is 5.30. The van der Waals surface area contributed by atoms with E-state index in [1.54, 1.807) is 0 Å². The summed E-state index contributed by atoms with van der Waals surface area (Å²) >= 11 is 0. The van der Waals surface area contributed by atoms with E-state index in [9.17, 15) is 0 Å². The van der Waals surface area contributed by atoms with Gasteiger partial charge in [-0.1, -0.05) is 80.1 Å². The first-order chi connectivity index (χ1) is 12.7. The zero-order chi connectivity index (χ0) is 19.9. The van der Waals surface area contributed by atoms with Crippen LogP contribution in [-0.4, -0.2) is 39.3 Å². The zero-order valence-corrected chi connectivity index (χ0v) is 23.7. The Labute approximate surface area is 201 Å². The van der Waals surface area contributed by atoms with Gasteiger partial charge in [0.2, 0.25) is 0 Å². The molecule has 0 radical (unpaired) electrons. The van der Waals surface area contributed by atoms with Gasteiger partial charge in [-0.2, -0.15) is 0 Å². The van der Waals surface area contributed by atoms with Crippen LogP contribution in [0, 0.1) is 0 Å². The first-order valence-electron chi connectivity index (χ1n) is 12.4. The lowest BCUT2D eigenvalue weighted by Crippen LogP contribution is -3.12. The van der Waals surface area contributed by atoms with Crippen LogP contribution in [0.5, 0.6) is 0 Å². The molecule has 0 aromatic rings. The van der Waals surface area contributed by atoms with Crippen molar-refractivity contribution in [3.8, 4) is 0 Å². The molecule has 0 heterocycles. The topological polar surface area (TPSA) is 8.88 Å². The van der Waals surface area contributed by atoms with E-state index in [0.29, 0.717) is 0 Å². The Hall–Kier alpha value is 0.880. The first kappa shape index (κ1) is 36.3. The molecule has 0 fully saturated rings. The van der Waals surface area contributed by atoms with E-state index >= 15 is 0 Å². The number of hydrogen-bond acceptors (Lipinski definition) is 0. The standard InChI is InChI=1S/2C12H27N.2BrH/c2*1-4-7-10-13(11-8-5-2)12-9-6-3;;/h2*4-12H2,1-3H3;2*1H. The van der Waals surface area contributed by atoms with Crippen LogP contribution in [0.25, 0.3) is 0 Å². The number of hydrogen-bond donors (Lipinski definition) is 2. The SMILES string of the molecule is CCCC[NH+](CCCC)CCCC.CCCC[NH+](CCCC)CCCC.[Br-].[Br-]. The summed E-state index contributed by atoms with van der Waals surface area (Å²) in [5, 5.41) is 0. The van der Waals surface area contributed by atoms with Crippen LogP contribution in [0.2, 0.25) is 0 Å². The Kier molecular flexibility index (Phi) is 42.1. The van der Waals surface area contributed by atoms with E-state index in [4.69, 9.17) is 0 Å². The van der Waals surface area contributed by atoms with Gasteiger partial charge in [0.25, 0.3) is 0 Å². The number of rotatable bonds is 18. The Morgan fingerprint density at radius 2 is 0.464 bits per heavy atom. The molecule has 0 saturated carbocycles. The molecule has 0 aromatic heterocycles. The maximum Gasteiger partial charge on any atom is 0.0770 e. The van der Waals surface area contributed by atoms with Gasteiger partial charge in [-0.05, 0) is 38.5 Å². The molecule has 4 heteroatoms. The monoisotopic (exact) mass is 530 g/mol. The molecule has 0 atom stereocenters. The molecule has 0 aliphatic rings. The van der Waals surface area contributed by atoms with Crippen molar-refractivity contribution in [2.24, 2.45) is 0 Å². The van der Waals surface area contributed by atoms with Crippen LogP contribution in [0.1, 0.15) is 119 Å². The molecule has 176 valence electrons. The summed E-state index contributed by atoms with van der Waals surface area (Å²) in [6.07, 6.45) is 16.5. The maximum atomic E-state index is 2.29. The highest BCUT2D eigenvalue weighted by atomic mass is 79.9. The van der Waals surface area contributed by atoms with Crippen LogP contribution >= 0.6 is 0 Å². The summed E-state index contributed by atoms with van der Waals surface area (Å²) in [6, 6.07) is 0. The second-order valence-electron chi connectivity index (χ2n) is 8.12. The van der Waals surface area contributed by atoms with Gasteiger partial charge in [0.05, 0.1) is 39.3 Å². The Balaban J connectivity index is -0.000000192. The summed E-state index contributed by atoms with van der Waals surface area (Å²) in [4.78, 5) is 3.68. The van der Waals surface area contributed by atoms with Crippen molar-refractivity contribution in [1.82, 2.24) is 0 Å². The van der Waals surface area contributed by atoms with Gasteiger partial charge in [0.1, 0.15) is 0 Å². The molecule has 0 aliphatic heterocycles. The lowest BCUT2D eigenvalue weighted by atomic mass is 10.2. The fraction of sp³-hybridized carbons (Fsp3) is 1.00.